The van der Waals surface area contributed by atoms with Crippen LogP contribution >= 0.6 is 0 Å². The van der Waals surface area contributed by atoms with Crippen LogP contribution in [0.25, 0.3) is 44.5 Å². The van der Waals surface area contributed by atoms with Gasteiger partial charge in [-0.1, -0.05) is 12.2 Å². The fourth-order valence-corrected chi connectivity index (χ4v) is 8.39. The normalized spacial score (nSPS) is 11.8. The molecule has 0 aliphatic heterocycles. The highest BCUT2D eigenvalue weighted by atomic mass is 16.6. The average molecular weight is 1020 g/mol. The number of nitrogens with one attached hydrogen (secondary N) is 1. The predicted molar refractivity (Wildman–Crippen MR) is 276 cm³/mol. The number of nitrogens with two attached hydrogens (primary N) is 2. The number of amides is 3. The van der Waals surface area contributed by atoms with Crippen LogP contribution < -0.4 is 26.3 Å². The molecule has 5 aromatic heterocycles. The molecule has 3 amide bonds. The number of ether oxygens (including phenoxy) is 5. The van der Waals surface area contributed by atoms with Crippen LogP contribution in [-0.4, -0.2) is 112 Å². The smallest absolute Gasteiger partial charge is 0.309 e. The van der Waals surface area contributed by atoms with E-state index < -0.39 is 35.3 Å². The highest BCUT2D eigenvalue weighted by Crippen LogP contribution is 2.37. The van der Waals surface area contributed by atoms with Crippen LogP contribution in [0.15, 0.2) is 54.7 Å². The number of carbonyl (C=O) groups is 5. The van der Waals surface area contributed by atoms with Crippen LogP contribution in [0.1, 0.15) is 109 Å². The van der Waals surface area contributed by atoms with Crippen LogP contribution in [0.2, 0.25) is 0 Å². The summed E-state index contributed by atoms with van der Waals surface area (Å²) in [5.74, 6) is -1.39. The number of aromatic nitrogens is 9. The van der Waals surface area contributed by atoms with Crippen LogP contribution in [0.5, 0.6) is 11.5 Å². The molecule has 0 saturated carbocycles. The molecule has 0 unspecified atom stereocenters. The fourth-order valence-electron chi connectivity index (χ4n) is 8.39. The Labute approximate surface area is 427 Å². The molecule has 7 aromatic rings. The number of carbonyl (C=O) groups excluding carboxylic acids is 5. The first kappa shape index (κ1) is 53.7. The molecular formula is C52H64N12O10. The molecule has 7 rings (SSSR count). The third kappa shape index (κ3) is 12.7. The fraction of sp³-hybridized carbons (Fsp3) is 0.423. The Kier molecular flexibility index (Phi) is 17.1. The number of unbranched alkanes of at least 4 members (excludes halogenated alkanes) is 1. The van der Waals surface area contributed by atoms with Gasteiger partial charge in [0, 0.05) is 80.8 Å². The number of imidazole rings is 1. The van der Waals surface area contributed by atoms with Crippen molar-refractivity contribution in [3.05, 3.63) is 83.0 Å². The second kappa shape index (κ2) is 23.6. The summed E-state index contributed by atoms with van der Waals surface area (Å²) in [6, 6.07) is 10.0. The molecule has 0 aliphatic carbocycles. The second-order valence-electron chi connectivity index (χ2n) is 18.5. The molecule has 0 spiro atoms. The maximum atomic E-state index is 13.9. The number of hydrogen-bond donors (Lipinski definition) is 3. The zero-order valence-electron chi connectivity index (χ0n) is 43.2. The molecule has 74 heavy (non-hydrogen) atoms. The maximum Gasteiger partial charge on any atom is 0.309 e. The van der Waals surface area contributed by atoms with Crippen LogP contribution in [0, 0.1) is 13.8 Å². The zero-order chi connectivity index (χ0) is 53.3. The number of fused-ring (bicyclic) bond motifs is 4. The SMILES string of the molecule is CCn1nc(C)cc1C(=O)Nc1nc2cc(C(N)=O)cc(OCCCOC)c2n1C/C=C/Cn1c2nc(-c3cc(C)nn3CC)ncc2c2cc(C(N)=O)cc(OCCCCC(=O)OCCC(=O)OC(C)(C)C)c21. The molecule has 392 valence electrons. The first-order valence-corrected chi connectivity index (χ1v) is 24.5. The molecule has 22 nitrogen and oxygen atoms in total. The Morgan fingerprint density at radius 2 is 1.35 bits per heavy atom. The van der Waals surface area contributed by atoms with Gasteiger partial charge in [-0.25, -0.2) is 15.0 Å². The summed E-state index contributed by atoms with van der Waals surface area (Å²) in [6.07, 6.45) is 7.00. The van der Waals surface area contributed by atoms with Crippen molar-refractivity contribution in [3.8, 4) is 23.0 Å². The van der Waals surface area contributed by atoms with E-state index in [9.17, 15) is 24.0 Å². The van der Waals surface area contributed by atoms with E-state index in [4.69, 9.17) is 50.1 Å². The third-order valence-corrected chi connectivity index (χ3v) is 11.6. The van der Waals surface area contributed by atoms with Gasteiger partial charge in [-0.3, -0.25) is 38.7 Å². The van der Waals surface area contributed by atoms with Gasteiger partial charge in [0.05, 0.1) is 42.1 Å². The number of allylic oxidation sites excluding steroid dienone is 2. The predicted octanol–water partition coefficient (Wildman–Crippen LogP) is 6.60. The lowest BCUT2D eigenvalue weighted by Crippen LogP contribution is -2.24. The van der Waals surface area contributed by atoms with Crippen molar-refractivity contribution < 1.29 is 47.7 Å². The third-order valence-electron chi connectivity index (χ3n) is 11.6. The summed E-state index contributed by atoms with van der Waals surface area (Å²) in [6.45, 7) is 15.1. The number of methoxy groups -OCH3 is 1. The van der Waals surface area contributed by atoms with E-state index in [1.54, 1.807) is 80.6 Å². The lowest BCUT2D eigenvalue weighted by Gasteiger charge is -2.19. The molecular weight excluding hydrogens is 953 g/mol. The van der Waals surface area contributed by atoms with Gasteiger partial charge in [0.2, 0.25) is 17.8 Å². The summed E-state index contributed by atoms with van der Waals surface area (Å²) in [7, 11) is 1.60. The molecule has 0 saturated heterocycles. The average Bonchev–Trinajstić information content (AvgIpc) is 4.11. The molecule has 5 heterocycles. The Morgan fingerprint density at radius 1 is 0.703 bits per heavy atom. The van der Waals surface area contributed by atoms with Crippen LogP contribution in [0.4, 0.5) is 5.95 Å². The lowest BCUT2D eigenvalue weighted by atomic mass is 10.1. The maximum absolute atomic E-state index is 13.9. The zero-order valence-corrected chi connectivity index (χ0v) is 43.2. The molecule has 5 N–H and O–H groups in total. The number of primary amides is 2. The highest BCUT2D eigenvalue weighted by molar-refractivity contribution is 6.12. The lowest BCUT2D eigenvalue weighted by molar-refractivity contribution is -0.157. The number of rotatable bonds is 25. The number of nitrogens with zero attached hydrogens (tertiary/aromatic N) is 9. The molecule has 0 fully saturated rings. The largest absolute Gasteiger partial charge is 0.491 e. The van der Waals surface area contributed by atoms with Gasteiger partial charge in [-0.05, 0) is 97.7 Å². The van der Waals surface area contributed by atoms with Crippen LogP contribution in [-0.2, 0) is 50.0 Å². The molecule has 0 radical (unpaired) electrons. The van der Waals surface area contributed by atoms with E-state index in [0.717, 1.165) is 11.4 Å². The van der Waals surface area contributed by atoms with E-state index in [-0.39, 0.29) is 62.8 Å². The van der Waals surface area contributed by atoms with Crippen molar-refractivity contribution in [2.45, 2.75) is 112 Å². The Hall–Kier alpha value is -8.14. The van der Waals surface area contributed by atoms with Crippen molar-refractivity contribution in [2.75, 3.05) is 38.9 Å². The Morgan fingerprint density at radius 3 is 2.03 bits per heavy atom. The number of anilines is 1. The van der Waals surface area contributed by atoms with Gasteiger partial charge in [0.25, 0.3) is 5.91 Å². The van der Waals surface area contributed by atoms with Crippen molar-refractivity contribution in [1.29, 1.82) is 0 Å². The number of hydrogen-bond acceptors (Lipinski definition) is 15. The van der Waals surface area contributed by atoms with Gasteiger partial charge in [0.1, 0.15) is 46.3 Å². The van der Waals surface area contributed by atoms with E-state index in [1.165, 1.54) is 0 Å². The van der Waals surface area contributed by atoms with Crippen LogP contribution in [0.3, 0.4) is 0 Å². The highest BCUT2D eigenvalue weighted by Gasteiger charge is 2.24. The van der Waals surface area contributed by atoms with E-state index >= 15 is 0 Å². The van der Waals surface area contributed by atoms with E-state index in [0.29, 0.717) is 101 Å². The first-order valence-electron chi connectivity index (χ1n) is 24.5. The summed E-state index contributed by atoms with van der Waals surface area (Å²) in [5.41, 5.74) is 16.0. The van der Waals surface area contributed by atoms with Gasteiger partial charge in [-0.15, -0.1) is 0 Å². The number of benzene rings is 2. The van der Waals surface area contributed by atoms with E-state index in [2.05, 4.69) is 15.5 Å². The minimum atomic E-state index is -0.678. The quantitative estimate of drug-likeness (QED) is 0.0309. The summed E-state index contributed by atoms with van der Waals surface area (Å²) in [5, 5.41) is 13.3. The Balaban J connectivity index is 1.24. The molecule has 22 heteroatoms. The molecule has 0 bridgehead atoms. The second-order valence-corrected chi connectivity index (χ2v) is 18.5. The monoisotopic (exact) mass is 1020 g/mol. The number of aryl methyl sites for hydroxylation is 4. The minimum Gasteiger partial charge on any atom is -0.491 e. The van der Waals surface area contributed by atoms with Crippen molar-refractivity contribution in [2.24, 2.45) is 11.5 Å². The van der Waals surface area contributed by atoms with Gasteiger partial charge < -0.3 is 44.3 Å². The van der Waals surface area contributed by atoms with Crippen molar-refractivity contribution in [1.82, 2.24) is 43.6 Å². The van der Waals surface area contributed by atoms with Crippen molar-refractivity contribution in [3.63, 3.8) is 0 Å². The minimum absolute atomic E-state index is 0.0493. The molecule has 2 aromatic carbocycles. The standard InChI is InChI=1S/C52H64N12O10/c1-9-63-38(24-31(3)59-63)48-55-30-36-35-26-33(46(53)67)28-40(71-21-14-11-16-42(65)73-23-17-43(66)74-52(5,6)7)44(35)61(49(36)57-48)18-12-13-19-62-45-37(27-34(47(54)68)29-41(45)72-22-15-20-70-8)56-51(62)58-50(69)39-25-32(4)60-64(39)10-2/h12-13,24-30H,9-11,14-23H2,1-8H3,(H2,53,67)(H2,54,68)(H,56,58,69)/b13-12+. The first-order chi connectivity index (χ1) is 35.4. The summed E-state index contributed by atoms with van der Waals surface area (Å²) >= 11 is 0. The number of esters is 2. The van der Waals surface area contributed by atoms with Gasteiger partial charge >= 0.3 is 11.9 Å². The van der Waals surface area contributed by atoms with Gasteiger partial charge in [-0.2, -0.15) is 10.2 Å². The summed E-state index contributed by atoms with van der Waals surface area (Å²) in [4.78, 5) is 78.6. The molecule has 0 atom stereocenters. The van der Waals surface area contributed by atoms with E-state index in [1.807, 2.05) is 48.2 Å². The van der Waals surface area contributed by atoms with Gasteiger partial charge in [0.15, 0.2) is 5.82 Å². The summed E-state index contributed by atoms with van der Waals surface area (Å²) < 4.78 is 35.6. The molecule has 0 aliphatic rings. The topological polar surface area (TPSA) is 280 Å². The van der Waals surface area contributed by atoms with Crippen molar-refractivity contribution >= 4 is 68.6 Å². The Bertz CT molecular complexity index is 3250.